The predicted octanol–water partition coefficient (Wildman–Crippen LogP) is 3.13. The standard InChI is InChI=1S/C12H13BrN2O2/c1-7(14)12-15-6-11(17-12)8-3-4-10(16-2)9(13)5-8/h3-7H,14H2,1-2H3. The Labute approximate surface area is 108 Å². The highest BCUT2D eigenvalue weighted by Gasteiger charge is 2.11. The van der Waals surface area contributed by atoms with Gasteiger partial charge in [-0.3, -0.25) is 0 Å². The second-order valence-electron chi connectivity index (χ2n) is 3.70. The first-order valence-electron chi connectivity index (χ1n) is 5.17. The molecule has 0 bridgehead atoms. The molecule has 0 spiro atoms. The zero-order valence-corrected chi connectivity index (χ0v) is 11.2. The molecule has 2 aromatic rings. The zero-order chi connectivity index (χ0) is 12.4. The Morgan fingerprint density at radius 1 is 1.47 bits per heavy atom. The molecule has 2 N–H and O–H groups in total. The second kappa shape index (κ2) is 4.89. The number of hydrogen-bond donors (Lipinski definition) is 1. The number of methoxy groups -OCH3 is 1. The van der Waals surface area contributed by atoms with Gasteiger partial charge in [0.2, 0.25) is 5.89 Å². The normalized spacial score (nSPS) is 12.5. The Hall–Kier alpha value is -1.33. The summed E-state index contributed by atoms with van der Waals surface area (Å²) in [5, 5.41) is 0. The van der Waals surface area contributed by atoms with Gasteiger partial charge in [0.05, 0.1) is 23.8 Å². The van der Waals surface area contributed by atoms with Gasteiger partial charge in [-0.05, 0) is 41.1 Å². The van der Waals surface area contributed by atoms with Crippen molar-refractivity contribution < 1.29 is 9.15 Å². The number of aromatic nitrogens is 1. The smallest absolute Gasteiger partial charge is 0.211 e. The molecule has 1 unspecified atom stereocenters. The fraction of sp³-hybridized carbons (Fsp3) is 0.250. The van der Waals surface area contributed by atoms with Crippen molar-refractivity contribution >= 4 is 15.9 Å². The van der Waals surface area contributed by atoms with Gasteiger partial charge in [0.15, 0.2) is 5.76 Å². The van der Waals surface area contributed by atoms with Gasteiger partial charge < -0.3 is 14.9 Å². The van der Waals surface area contributed by atoms with E-state index in [1.54, 1.807) is 13.3 Å². The summed E-state index contributed by atoms with van der Waals surface area (Å²) in [6.45, 7) is 1.83. The number of benzene rings is 1. The number of nitrogens with two attached hydrogens (primary N) is 1. The Bertz CT molecular complexity index is 523. The quantitative estimate of drug-likeness (QED) is 0.945. The molecule has 0 aliphatic heterocycles. The summed E-state index contributed by atoms with van der Waals surface area (Å²) in [5.74, 6) is 2.01. The molecule has 90 valence electrons. The maximum atomic E-state index is 5.70. The van der Waals surface area contributed by atoms with E-state index >= 15 is 0 Å². The number of halogens is 1. The number of oxazole rings is 1. The molecule has 1 atom stereocenters. The summed E-state index contributed by atoms with van der Waals surface area (Å²) < 4.78 is 11.6. The van der Waals surface area contributed by atoms with Crippen LogP contribution in [0.25, 0.3) is 11.3 Å². The van der Waals surface area contributed by atoms with Crippen molar-refractivity contribution in [3.63, 3.8) is 0 Å². The molecule has 0 saturated carbocycles. The molecule has 0 aliphatic carbocycles. The third-order valence-corrected chi connectivity index (χ3v) is 2.97. The number of rotatable bonds is 3. The van der Waals surface area contributed by atoms with Gasteiger partial charge >= 0.3 is 0 Å². The minimum atomic E-state index is -0.203. The Morgan fingerprint density at radius 3 is 2.76 bits per heavy atom. The molecule has 1 heterocycles. The third-order valence-electron chi connectivity index (χ3n) is 2.35. The van der Waals surface area contributed by atoms with Crippen molar-refractivity contribution in [2.45, 2.75) is 13.0 Å². The summed E-state index contributed by atoms with van der Waals surface area (Å²) in [7, 11) is 1.63. The van der Waals surface area contributed by atoms with Gasteiger partial charge in [-0.25, -0.2) is 4.98 Å². The Morgan fingerprint density at radius 2 is 2.24 bits per heavy atom. The van der Waals surface area contributed by atoms with E-state index in [1.165, 1.54) is 0 Å². The topological polar surface area (TPSA) is 61.3 Å². The van der Waals surface area contributed by atoms with E-state index in [9.17, 15) is 0 Å². The number of hydrogen-bond acceptors (Lipinski definition) is 4. The molecule has 1 aromatic heterocycles. The van der Waals surface area contributed by atoms with Crippen LogP contribution in [0.5, 0.6) is 5.75 Å². The third kappa shape index (κ3) is 2.50. The van der Waals surface area contributed by atoms with Gasteiger partial charge in [-0.1, -0.05) is 0 Å². The van der Waals surface area contributed by atoms with Crippen molar-refractivity contribution in [3.05, 3.63) is 34.8 Å². The first-order valence-corrected chi connectivity index (χ1v) is 5.96. The monoisotopic (exact) mass is 296 g/mol. The molecule has 0 amide bonds. The van der Waals surface area contributed by atoms with Crippen LogP contribution < -0.4 is 10.5 Å². The van der Waals surface area contributed by atoms with Crippen LogP contribution in [-0.2, 0) is 0 Å². The van der Waals surface area contributed by atoms with E-state index in [0.29, 0.717) is 11.7 Å². The summed E-state index contributed by atoms with van der Waals surface area (Å²) in [4.78, 5) is 4.13. The minimum absolute atomic E-state index is 0.203. The largest absolute Gasteiger partial charge is 0.496 e. The Kier molecular flexibility index (Phi) is 3.49. The SMILES string of the molecule is COc1ccc(-c2cnc(C(C)N)o2)cc1Br. The number of nitrogens with zero attached hydrogens (tertiary/aromatic N) is 1. The van der Waals surface area contributed by atoms with Crippen LogP contribution in [0.1, 0.15) is 18.9 Å². The van der Waals surface area contributed by atoms with Crippen LogP contribution in [0.15, 0.2) is 33.3 Å². The van der Waals surface area contributed by atoms with Crippen LogP contribution in [0.3, 0.4) is 0 Å². The zero-order valence-electron chi connectivity index (χ0n) is 9.61. The Balaban J connectivity index is 2.36. The molecule has 5 heteroatoms. The van der Waals surface area contributed by atoms with Crippen molar-refractivity contribution in [3.8, 4) is 17.1 Å². The molecule has 0 radical (unpaired) electrons. The summed E-state index contributed by atoms with van der Waals surface area (Å²) >= 11 is 3.43. The molecule has 1 aromatic carbocycles. The lowest BCUT2D eigenvalue weighted by Crippen LogP contribution is -2.04. The van der Waals surface area contributed by atoms with Gasteiger partial charge in [-0.15, -0.1) is 0 Å². The maximum absolute atomic E-state index is 5.70. The summed E-state index contributed by atoms with van der Waals surface area (Å²) in [6.07, 6.45) is 1.67. The van der Waals surface area contributed by atoms with Crippen LogP contribution in [0.4, 0.5) is 0 Å². The van der Waals surface area contributed by atoms with E-state index in [2.05, 4.69) is 20.9 Å². The highest BCUT2D eigenvalue weighted by Crippen LogP contribution is 2.31. The molecular formula is C12H13BrN2O2. The van der Waals surface area contributed by atoms with Crippen molar-refractivity contribution in [1.82, 2.24) is 4.98 Å². The summed E-state index contributed by atoms with van der Waals surface area (Å²) in [5.41, 5.74) is 6.62. The van der Waals surface area contributed by atoms with E-state index in [0.717, 1.165) is 15.8 Å². The van der Waals surface area contributed by atoms with Gasteiger partial charge in [-0.2, -0.15) is 0 Å². The minimum Gasteiger partial charge on any atom is -0.496 e. The van der Waals surface area contributed by atoms with Crippen LogP contribution in [0.2, 0.25) is 0 Å². The maximum Gasteiger partial charge on any atom is 0.211 e. The van der Waals surface area contributed by atoms with Crippen LogP contribution in [-0.4, -0.2) is 12.1 Å². The molecular weight excluding hydrogens is 284 g/mol. The highest BCUT2D eigenvalue weighted by atomic mass is 79.9. The highest BCUT2D eigenvalue weighted by molar-refractivity contribution is 9.10. The van der Waals surface area contributed by atoms with Crippen molar-refractivity contribution in [1.29, 1.82) is 0 Å². The lowest BCUT2D eigenvalue weighted by molar-refractivity contribution is 0.412. The summed E-state index contributed by atoms with van der Waals surface area (Å²) in [6, 6.07) is 5.50. The molecule has 2 rings (SSSR count). The van der Waals surface area contributed by atoms with Gasteiger partial charge in [0.25, 0.3) is 0 Å². The van der Waals surface area contributed by atoms with Crippen LogP contribution >= 0.6 is 15.9 Å². The van der Waals surface area contributed by atoms with Crippen LogP contribution in [0, 0.1) is 0 Å². The van der Waals surface area contributed by atoms with Crippen molar-refractivity contribution in [2.75, 3.05) is 7.11 Å². The van der Waals surface area contributed by atoms with E-state index < -0.39 is 0 Å². The van der Waals surface area contributed by atoms with Gasteiger partial charge in [0, 0.05) is 5.56 Å². The first-order chi connectivity index (χ1) is 8.11. The lowest BCUT2D eigenvalue weighted by atomic mass is 10.2. The second-order valence-corrected chi connectivity index (χ2v) is 4.56. The van der Waals surface area contributed by atoms with E-state index in [4.69, 9.17) is 14.9 Å². The van der Waals surface area contributed by atoms with E-state index in [-0.39, 0.29) is 6.04 Å². The fourth-order valence-electron chi connectivity index (χ4n) is 1.45. The van der Waals surface area contributed by atoms with E-state index in [1.807, 2.05) is 25.1 Å². The van der Waals surface area contributed by atoms with Crippen molar-refractivity contribution in [2.24, 2.45) is 5.73 Å². The first kappa shape index (κ1) is 12.1. The fourth-order valence-corrected chi connectivity index (χ4v) is 1.99. The van der Waals surface area contributed by atoms with Gasteiger partial charge in [0.1, 0.15) is 5.75 Å². The lowest BCUT2D eigenvalue weighted by Gasteiger charge is -2.04. The molecule has 0 fully saturated rings. The molecule has 0 aliphatic rings. The molecule has 17 heavy (non-hydrogen) atoms. The number of ether oxygens (including phenoxy) is 1. The predicted molar refractivity (Wildman–Crippen MR) is 68.8 cm³/mol. The molecule has 4 nitrogen and oxygen atoms in total. The average Bonchev–Trinajstić information content (AvgIpc) is 2.78. The average molecular weight is 297 g/mol. The molecule has 0 saturated heterocycles.